The fraction of sp³-hybridized carbons (Fsp3) is 0.250. The Morgan fingerprint density at radius 1 is 1.59 bits per heavy atom. The average Bonchev–Trinajstić information content (AvgIpc) is 2.30. The Morgan fingerprint density at radius 3 is 3.06 bits per heavy atom. The van der Waals surface area contributed by atoms with Crippen LogP contribution in [0.2, 0.25) is 0 Å². The van der Waals surface area contributed by atoms with Crippen molar-refractivity contribution in [3.05, 3.63) is 35.6 Å². The molecular formula is C12H11NO4. The Hall–Kier alpha value is -2.17. The summed E-state index contributed by atoms with van der Waals surface area (Å²) in [5, 5.41) is 0. The van der Waals surface area contributed by atoms with Crippen LogP contribution in [0.1, 0.15) is 6.92 Å². The number of carbonyl (C=O) groups excluding carboxylic acids is 2. The van der Waals surface area contributed by atoms with Crippen molar-refractivity contribution in [3.8, 4) is 0 Å². The average molecular weight is 233 g/mol. The van der Waals surface area contributed by atoms with E-state index in [0.29, 0.717) is 5.71 Å². The van der Waals surface area contributed by atoms with Crippen LogP contribution in [0.15, 0.2) is 40.6 Å². The minimum absolute atomic E-state index is 0.0394. The summed E-state index contributed by atoms with van der Waals surface area (Å²) in [7, 11) is 1.23. The number of hydrogen-bond donors (Lipinski definition) is 0. The molecule has 0 saturated heterocycles. The number of fused-ring (bicyclic) bond motifs is 1. The van der Waals surface area contributed by atoms with E-state index in [9.17, 15) is 9.59 Å². The van der Waals surface area contributed by atoms with Crippen molar-refractivity contribution in [2.45, 2.75) is 13.0 Å². The maximum Gasteiger partial charge on any atom is 0.358 e. The topological polar surface area (TPSA) is 65.0 Å². The molecule has 0 radical (unpaired) electrons. The van der Waals surface area contributed by atoms with E-state index in [1.165, 1.54) is 7.11 Å². The number of nitrogens with zero attached hydrogens (tertiary/aromatic N) is 1. The first-order valence-electron chi connectivity index (χ1n) is 5.06. The second kappa shape index (κ2) is 4.37. The lowest BCUT2D eigenvalue weighted by Crippen LogP contribution is -2.31. The molecular weight excluding hydrogens is 222 g/mol. The van der Waals surface area contributed by atoms with Crippen LogP contribution in [0.25, 0.3) is 0 Å². The molecule has 1 aliphatic heterocycles. The van der Waals surface area contributed by atoms with Crippen LogP contribution >= 0.6 is 0 Å². The molecule has 0 N–H and O–H groups in total. The molecule has 0 bridgehead atoms. The van der Waals surface area contributed by atoms with Gasteiger partial charge in [-0.05, 0) is 24.6 Å². The van der Waals surface area contributed by atoms with E-state index < -0.39 is 18.0 Å². The largest absolute Gasteiger partial charge is 0.466 e. The molecule has 0 aromatic heterocycles. The summed E-state index contributed by atoms with van der Waals surface area (Å²) in [5.41, 5.74) is 1.58. The molecule has 0 amide bonds. The summed E-state index contributed by atoms with van der Waals surface area (Å²) in [4.78, 5) is 26.7. The molecule has 0 aromatic rings. The molecule has 1 heterocycles. The first-order valence-corrected chi connectivity index (χ1v) is 5.06. The van der Waals surface area contributed by atoms with Crippen molar-refractivity contribution in [3.63, 3.8) is 0 Å². The van der Waals surface area contributed by atoms with Gasteiger partial charge in [-0.1, -0.05) is 6.08 Å². The van der Waals surface area contributed by atoms with Crippen molar-refractivity contribution in [1.82, 2.24) is 0 Å². The number of aliphatic imine (C=N–C) groups is 1. The predicted molar refractivity (Wildman–Crippen MR) is 60.3 cm³/mol. The molecule has 0 fully saturated rings. The molecule has 17 heavy (non-hydrogen) atoms. The van der Waals surface area contributed by atoms with Crippen LogP contribution in [0.4, 0.5) is 0 Å². The van der Waals surface area contributed by atoms with Crippen LogP contribution in [-0.4, -0.2) is 30.9 Å². The van der Waals surface area contributed by atoms with Gasteiger partial charge in [0.1, 0.15) is 0 Å². The highest BCUT2D eigenvalue weighted by molar-refractivity contribution is 6.10. The summed E-state index contributed by atoms with van der Waals surface area (Å²) < 4.78 is 9.56. The van der Waals surface area contributed by atoms with Gasteiger partial charge in [0.25, 0.3) is 0 Å². The second-order valence-electron chi connectivity index (χ2n) is 3.66. The highest BCUT2D eigenvalue weighted by atomic mass is 16.5. The highest BCUT2D eigenvalue weighted by Gasteiger charge is 2.27. The van der Waals surface area contributed by atoms with Crippen LogP contribution in [-0.2, 0) is 19.1 Å². The van der Waals surface area contributed by atoms with E-state index in [1.54, 1.807) is 6.08 Å². The molecule has 0 saturated carbocycles. The van der Waals surface area contributed by atoms with Gasteiger partial charge in [-0.25, -0.2) is 14.6 Å². The number of esters is 2. The predicted octanol–water partition coefficient (Wildman–Crippen LogP) is 0.926. The number of methoxy groups -OCH3 is 1. The lowest BCUT2D eigenvalue weighted by atomic mass is 10.0. The monoisotopic (exact) mass is 233 g/mol. The molecule has 1 aliphatic carbocycles. The molecule has 5 heteroatoms. The molecule has 0 spiro atoms. The van der Waals surface area contributed by atoms with Gasteiger partial charge in [0.05, 0.1) is 18.9 Å². The molecule has 2 aliphatic rings. The fourth-order valence-electron chi connectivity index (χ4n) is 1.52. The smallest absolute Gasteiger partial charge is 0.358 e. The van der Waals surface area contributed by atoms with Crippen molar-refractivity contribution < 1.29 is 19.1 Å². The molecule has 88 valence electrons. The summed E-state index contributed by atoms with van der Waals surface area (Å²) in [6.45, 7) is 1.91. The van der Waals surface area contributed by atoms with Crippen molar-refractivity contribution in [2.24, 2.45) is 4.99 Å². The summed E-state index contributed by atoms with van der Waals surface area (Å²) in [5.74, 6) is -1.26. The summed E-state index contributed by atoms with van der Waals surface area (Å²) in [6, 6.07) is 0. The normalized spacial score (nSPS) is 24.7. The van der Waals surface area contributed by atoms with Gasteiger partial charge in [-0.2, -0.15) is 0 Å². The van der Waals surface area contributed by atoms with E-state index in [2.05, 4.69) is 9.73 Å². The third-order valence-electron chi connectivity index (χ3n) is 2.35. The fourth-order valence-corrected chi connectivity index (χ4v) is 1.52. The van der Waals surface area contributed by atoms with E-state index in [-0.39, 0.29) is 5.70 Å². The van der Waals surface area contributed by atoms with Gasteiger partial charge < -0.3 is 9.47 Å². The standard InChI is InChI=1S/C12H11NO4/c1-7-3-4-10-8(5-7)13-9(12(15)17-10)6-11(14)16-2/h3-6,10H,1-2H3/b9-6-. The zero-order valence-corrected chi connectivity index (χ0v) is 9.47. The summed E-state index contributed by atoms with van der Waals surface area (Å²) in [6.07, 6.45) is 5.98. The summed E-state index contributed by atoms with van der Waals surface area (Å²) >= 11 is 0. The third-order valence-corrected chi connectivity index (χ3v) is 2.35. The number of allylic oxidation sites excluding steroid dienone is 2. The van der Waals surface area contributed by atoms with E-state index >= 15 is 0 Å². The van der Waals surface area contributed by atoms with Crippen molar-refractivity contribution in [2.75, 3.05) is 7.11 Å². The molecule has 2 rings (SSSR count). The van der Waals surface area contributed by atoms with Crippen molar-refractivity contribution in [1.29, 1.82) is 0 Å². The van der Waals surface area contributed by atoms with Gasteiger partial charge in [-0.3, -0.25) is 0 Å². The molecule has 5 nitrogen and oxygen atoms in total. The Labute approximate surface area is 98.1 Å². The van der Waals surface area contributed by atoms with E-state index in [0.717, 1.165) is 11.6 Å². The van der Waals surface area contributed by atoms with Gasteiger partial charge in [-0.15, -0.1) is 0 Å². The minimum Gasteiger partial charge on any atom is -0.466 e. The maximum absolute atomic E-state index is 11.5. The van der Waals surface area contributed by atoms with Crippen molar-refractivity contribution >= 4 is 17.7 Å². The number of rotatable bonds is 1. The Balaban J connectivity index is 2.35. The molecule has 1 unspecified atom stereocenters. The van der Waals surface area contributed by atoms with Gasteiger partial charge >= 0.3 is 11.9 Å². The van der Waals surface area contributed by atoms with E-state index in [1.807, 2.05) is 19.1 Å². The highest BCUT2D eigenvalue weighted by Crippen LogP contribution is 2.19. The maximum atomic E-state index is 11.5. The quantitative estimate of drug-likeness (QED) is 0.499. The Kier molecular flexibility index (Phi) is 2.91. The Morgan fingerprint density at radius 2 is 2.35 bits per heavy atom. The lowest BCUT2D eigenvalue weighted by molar-refractivity contribution is -0.141. The van der Waals surface area contributed by atoms with E-state index in [4.69, 9.17) is 4.74 Å². The first kappa shape index (κ1) is 11.3. The van der Waals surface area contributed by atoms with Crippen LogP contribution < -0.4 is 0 Å². The SMILES string of the molecule is COC(=O)/C=C1\N=C2C=C(C)C=CC2OC1=O. The van der Waals surface area contributed by atoms with Crippen LogP contribution in [0.5, 0.6) is 0 Å². The zero-order chi connectivity index (χ0) is 12.4. The third kappa shape index (κ3) is 2.33. The molecule has 0 aromatic carbocycles. The zero-order valence-electron chi connectivity index (χ0n) is 9.47. The van der Waals surface area contributed by atoms with Crippen LogP contribution in [0, 0.1) is 0 Å². The van der Waals surface area contributed by atoms with Crippen LogP contribution in [0.3, 0.4) is 0 Å². The van der Waals surface area contributed by atoms with Gasteiger partial charge in [0.2, 0.25) is 0 Å². The second-order valence-corrected chi connectivity index (χ2v) is 3.66. The van der Waals surface area contributed by atoms with Gasteiger partial charge in [0.15, 0.2) is 11.8 Å². The number of ether oxygens (including phenoxy) is 2. The first-order chi connectivity index (χ1) is 8.10. The number of carbonyl (C=O) groups is 2. The van der Waals surface area contributed by atoms with Gasteiger partial charge in [0, 0.05) is 0 Å². The molecule has 1 atom stereocenters. The minimum atomic E-state index is -0.633. The lowest BCUT2D eigenvalue weighted by Gasteiger charge is -2.22. The number of hydrogen-bond acceptors (Lipinski definition) is 5. The Bertz CT molecular complexity index is 497.